The predicted molar refractivity (Wildman–Crippen MR) is 178 cm³/mol. The Bertz CT molecular complexity index is 1760. The molecule has 2 N–H and O–H groups in total. The van der Waals surface area contributed by atoms with Crippen molar-refractivity contribution >= 4 is 28.5 Å². The van der Waals surface area contributed by atoms with Crippen LogP contribution in [0.5, 0.6) is 11.5 Å². The highest BCUT2D eigenvalue weighted by Gasteiger charge is 2.25. The summed E-state index contributed by atoms with van der Waals surface area (Å²) in [7, 11) is 1.69. The number of rotatable bonds is 8. The molecule has 1 aromatic heterocycles. The van der Waals surface area contributed by atoms with Crippen LogP contribution in [0.4, 0.5) is 17.1 Å². The van der Waals surface area contributed by atoms with E-state index in [-0.39, 0.29) is 5.91 Å². The van der Waals surface area contributed by atoms with Gasteiger partial charge in [0.1, 0.15) is 11.5 Å². The topological polar surface area (TPSA) is 85.0 Å². The Labute approximate surface area is 263 Å². The van der Waals surface area contributed by atoms with Gasteiger partial charge in [-0.15, -0.1) is 0 Å². The molecule has 3 aliphatic rings. The zero-order valence-corrected chi connectivity index (χ0v) is 25.3. The molecule has 2 aliphatic heterocycles. The smallest absolute Gasteiger partial charge is 0.253 e. The number of allylic oxidation sites excluding steroid dienone is 2. The SMILES string of the molecule is COc1cc(C2=CC3=C(CC2)C(=O)Nc2cc(CCOc4ccc(N5CCOCC5)cc4)ccc2N3)ccc1-c1ccncc1. The number of nitrogens with one attached hydrogen (secondary N) is 2. The van der Waals surface area contributed by atoms with Crippen molar-refractivity contribution in [3.8, 4) is 22.6 Å². The fourth-order valence-electron chi connectivity index (χ4n) is 6.13. The van der Waals surface area contributed by atoms with Gasteiger partial charge in [-0.05, 0) is 95.8 Å². The highest BCUT2D eigenvalue weighted by Crippen LogP contribution is 2.39. The summed E-state index contributed by atoms with van der Waals surface area (Å²) in [4.78, 5) is 19.8. The van der Waals surface area contributed by atoms with Crippen LogP contribution in [0.1, 0.15) is 24.0 Å². The third kappa shape index (κ3) is 6.28. The normalized spacial score (nSPS) is 16.1. The number of morpholine rings is 1. The third-order valence-corrected chi connectivity index (χ3v) is 8.60. The number of hydrogen-bond acceptors (Lipinski definition) is 7. The molecule has 8 heteroatoms. The van der Waals surface area contributed by atoms with Gasteiger partial charge in [0.2, 0.25) is 0 Å². The molecule has 0 radical (unpaired) electrons. The Hall–Kier alpha value is -5.08. The molecular weight excluding hydrogens is 564 g/mol. The maximum absolute atomic E-state index is 13.3. The molecule has 0 bridgehead atoms. The number of pyridine rings is 1. The van der Waals surface area contributed by atoms with Gasteiger partial charge >= 0.3 is 0 Å². The summed E-state index contributed by atoms with van der Waals surface area (Å²) in [6, 6.07) is 24.6. The molecule has 228 valence electrons. The van der Waals surface area contributed by atoms with E-state index >= 15 is 0 Å². The summed E-state index contributed by atoms with van der Waals surface area (Å²) < 4.78 is 17.3. The summed E-state index contributed by atoms with van der Waals surface area (Å²) in [6.07, 6.45) is 7.79. The zero-order valence-electron chi connectivity index (χ0n) is 25.3. The lowest BCUT2D eigenvalue weighted by Crippen LogP contribution is -2.36. The van der Waals surface area contributed by atoms with Crippen molar-refractivity contribution in [3.63, 3.8) is 0 Å². The molecule has 1 saturated heterocycles. The summed E-state index contributed by atoms with van der Waals surface area (Å²) in [5, 5.41) is 6.68. The van der Waals surface area contributed by atoms with Gasteiger partial charge in [0, 0.05) is 54.4 Å². The molecule has 0 saturated carbocycles. The predicted octanol–water partition coefficient (Wildman–Crippen LogP) is 6.71. The highest BCUT2D eigenvalue weighted by atomic mass is 16.5. The van der Waals surface area contributed by atoms with Crippen LogP contribution in [0.3, 0.4) is 0 Å². The summed E-state index contributed by atoms with van der Waals surface area (Å²) in [5.74, 6) is 1.59. The van der Waals surface area contributed by atoms with E-state index < -0.39 is 0 Å². The Morgan fingerprint density at radius 3 is 2.49 bits per heavy atom. The molecule has 3 aromatic carbocycles. The van der Waals surface area contributed by atoms with Crippen LogP contribution >= 0.6 is 0 Å². The molecule has 7 rings (SSSR count). The van der Waals surface area contributed by atoms with Crippen molar-refractivity contribution in [3.05, 3.63) is 114 Å². The number of anilines is 3. The van der Waals surface area contributed by atoms with Gasteiger partial charge in [-0.3, -0.25) is 9.78 Å². The molecule has 4 aromatic rings. The molecule has 0 spiro atoms. The lowest BCUT2D eigenvalue weighted by Gasteiger charge is -2.28. The van der Waals surface area contributed by atoms with Crippen molar-refractivity contribution in [1.29, 1.82) is 0 Å². The van der Waals surface area contributed by atoms with Crippen LogP contribution in [0.15, 0.2) is 103 Å². The number of nitrogens with zero attached hydrogens (tertiary/aromatic N) is 2. The van der Waals surface area contributed by atoms with Gasteiger partial charge in [-0.2, -0.15) is 0 Å². The first-order valence-electron chi connectivity index (χ1n) is 15.4. The van der Waals surface area contributed by atoms with Crippen LogP contribution in [0.2, 0.25) is 0 Å². The Morgan fingerprint density at radius 1 is 0.867 bits per heavy atom. The van der Waals surface area contributed by atoms with Crippen LogP contribution in [-0.2, 0) is 16.0 Å². The van der Waals surface area contributed by atoms with E-state index in [0.717, 1.165) is 101 Å². The second kappa shape index (κ2) is 12.9. The van der Waals surface area contributed by atoms with Crippen LogP contribution in [0.25, 0.3) is 16.7 Å². The van der Waals surface area contributed by atoms with E-state index in [1.165, 1.54) is 5.69 Å². The molecule has 0 unspecified atom stereocenters. The van der Waals surface area contributed by atoms with E-state index in [1.54, 1.807) is 19.5 Å². The van der Waals surface area contributed by atoms with Crippen molar-refractivity contribution in [1.82, 2.24) is 4.98 Å². The van der Waals surface area contributed by atoms with Crippen LogP contribution in [-0.4, -0.2) is 50.9 Å². The zero-order chi connectivity index (χ0) is 30.6. The van der Waals surface area contributed by atoms with Crippen LogP contribution < -0.4 is 25.0 Å². The lowest BCUT2D eigenvalue weighted by molar-refractivity contribution is -0.113. The number of carbonyl (C=O) groups excluding carboxylic acids is 1. The average molecular weight is 601 g/mol. The second-order valence-corrected chi connectivity index (χ2v) is 11.4. The average Bonchev–Trinajstić information content (AvgIpc) is 3.23. The first-order valence-corrected chi connectivity index (χ1v) is 15.4. The Balaban J connectivity index is 1.02. The number of fused-ring (bicyclic) bond motifs is 1. The van der Waals surface area contributed by atoms with Gasteiger partial charge in [0.15, 0.2) is 0 Å². The van der Waals surface area contributed by atoms with Crippen molar-refractivity contribution < 1.29 is 19.0 Å². The van der Waals surface area contributed by atoms with Gasteiger partial charge < -0.3 is 29.7 Å². The van der Waals surface area contributed by atoms with Gasteiger partial charge in [-0.1, -0.05) is 18.2 Å². The Kier molecular flexibility index (Phi) is 8.21. The van der Waals surface area contributed by atoms with Gasteiger partial charge in [0.25, 0.3) is 5.91 Å². The van der Waals surface area contributed by atoms with E-state index in [0.29, 0.717) is 13.0 Å². The van der Waals surface area contributed by atoms with Crippen molar-refractivity contribution in [2.24, 2.45) is 0 Å². The maximum Gasteiger partial charge on any atom is 0.253 e. The van der Waals surface area contributed by atoms with Crippen molar-refractivity contribution in [2.75, 3.05) is 55.6 Å². The van der Waals surface area contributed by atoms with E-state index in [9.17, 15) is 4.79 Å². The number of carbonyl (C=O) groups is 1. The monoisotopic (exact) mass is 600 g/mol. The van der Waals surface area contributed by atoms with E-state index in [2.05, 4.69) is 63.0 Å². The minimum Gasteiger partial charge on any atom is -0.496 e. The molecule has 1 aliphatic carbocycles. The van der Waals surface area contributed by atoms with E-state index in [1.807, 2.05) is 36.4 Å². The number of amides is 1. The molecule has 8 nitrogen and oxygen atoms in total. The minimum absolute atomic E-state index is 0.0640. The fourth-order valence-corrected chi connectivity index (χ4v) is 6.13. The van der Waals surface area contributed by atoms with Crippen molar-refractivity contribution in [2.45, 2.75) is 19.3 Å². The standard InChI is InChI=1S/C37H36N4O4/c1-43-36-24-28(3-9-31(36)26-12-15-38-16-13-26)27-4-10-32-34(23-27)39-33-11-2-25(22-35(33)40-37(32)42)14-19-45-30-7-5-29(6-8-30)41-17-20-44-21-18-41/h2-3,5-9,11-13,15-16,22-24,39H,4,10,14,17-21H2,1H3,(H,40,42). The highest BCUT2D eigenvalue weighted by molar-refractivity contribution is 6.09. The van der Waals surface area contributed by atoms with Gasteiger partial charge in [-0.25, -0.2) is 0 Å². The molecular formula is C37H36N4O4. The number of methoxy groups -OCH3 is 1. The molecule has 0 atom stereocenters. The fraction of sp³-hybridized carbons (Fsp3) is 0.243. The Morgan fingerprint density at radius 2 is 1.69 bits per heavy atom. The molecule has 45 heavy (non-hydrogen) atoms. The number of hydrogen-bond donors (Lipinski definition) is 2. The minimum atomic E-state index is -0.0640. The maximum atomic E-state index is 13.3. The van der Waals surface area contributed by atoms with E-state index in [4.69, 9.17) is 14.2 Å². The second-order valence-electron chi connectivity index (χ2n) is 11.4. The number of aromatic nitrogens is 1. The summed E-state index contributed by atoms with van der Waals surface area (Å²) in [5.41, 5.74) is 9.84. The largest absolute Gasteiger partial charge is 0.496 e. The van der Waals surface area contributed by atoms with Gasteiger partial charge in [0.05, 0.1) is 38.3 Å². The first kappa shape index (κ1) is 28.7. The quantitative estimate of drug-likeness (QED) is 0.233. The third-order valence-electron chi connectivity index (χ3n) is 8.60. The summed E-state index contributed by atoms with van der Waals surface area (Å²) >= 11 is 0. The van der Waals surface area contributed by atoms with Crippen LogP contribution in [0, 0.1) is 0 Å². The first-order chi connectivity index (χ1) is 22.1. The molecule has 3 heterocycles. The lowest BCUT2D eigenvalue weighted by atomic mass is 9.90. The molecule has 1 amide bonds. The number of ether oxygens (including phenoxy) is 3. The summed E-state index contributed by atoms with van der Waals surface area (Å²) in [6.45, 7) is 3.90. The molecule has 1 fully saturated rings. The number of benzene rings is 3.